The van der Waals surface area contributed by atoms with Crippen molar-refractivity contribution in [1.82, 2.24) is 4.98 Å². The third-order valence-electron chi connectivity index (χ3n) is 8.09. The van der Waals surface area contributed by atoms with Gasteiger partial charge in [-0.15, -0.1) is 0 Å². The quantitative estimate of drug-likeness (QED) is 0.175. The zero-order valence-electron chi connectivity index (χ0n) is 31.0. The molecule has 1 atom stereocenters. The molecule has 4 rings (SSSR count). The summed E-state index contributed by atoms with van der Waals surface area (Å²) in [4.78, 5) is 4.59. The summed E-state index contributed by atoms with van der Waals surface area (Å²) in [6.45, 7) is 20.6. The van der Waals surface area contributed by atoms with Gasteiger partial charge in [0.2, 0.25) is 5.88 Å². The second kappa shape index (κ2) is 25.0. The fraction of sp³-hybridized carbons (Fsp3) is 0.524. The van der Waals surface area contributed by atoms with Crippen LogP contribution in [0.5, 0.6) is 5.88 Å². The van der Waals surface area contributed by atoms with E-state index in [0.29, 0.717) is 29.0 Å². The number of allylic oxidation sites excluding steroid dienone is 2. The lowest BCUT2D eigenvalue weighted by Crippen LogP contribution is -2.25. The summed E-state index contributed by atoms with van der Waals surface area (Å²) >= 11 is 3.40. The molecular formula is C42H60BrFN2O2. The van der Waals surface area contributed by atoms with Crippen molar-refractivity contribution in [2.45, 2.75) is 132 Å². The predicted octanol–water partition coefficient (Wildman–Crippen LogP) is 13.0. The van der Waals surface area contributed by atoms with Gasteiger partial charge in [0.05, 0.1) is 17.7 Å². The van der Waals surface area contributed by atoms with Gasteiger partial charge in [-0.2, -0.15) is 5.26 Å². The number of pyridine rings is 1. The number of ether oxygens (including phenoxy) is 2. The van der Waals surface area contributed by atoms with Gasteiger partial charge in [-0.1, -0.05) is 99.7 Å². The van der Waals surface area contributed by atoms with Crippen LogP contribution < -0.4 is 4.74 Å². The second-order valence-corrected chi connectivity index (χ2v) is 13.8. The zero-order chi connectivity index (χ0) is 35.9. The van der Waals surface area contributed by atoms with Gasteiger partial charge in [-0.3, -0.25) is 0 Å². The SMILES string of the molecule is C/C=C(\C)CC(C)C.CCCC(CCC)c1cccc(OCc2ccc(C#N)cc2F)n1.CCCC1CCO1.Cc1ccc(Br)cc1C. The van der Waals surface area contributed by atoms with Gasteiger partial charge in [-0.25, -0.2) is 9.37 Å². The molecular weight excluding hydrogens is 663 g/mol. The van der Waals surface area contributed by atoms with Crippen LogP contribution in [0.15, 0.2) is 70.7 Å². The Bertz CT molecular complexity index is 1390. The largest absolute Gasteiger partial charge is 0.473 e. The molecule has 1 unspecified atom stereocenters. The van der Waals surface area contributed by atoms with Crippen molar-refractivity contribution in [2.75, 3.05) is 6.61 Å². The number of nitrogens with zero attached hydrogens (tertiary/aromatic N) is 2. The summed E-state index contributed by atoms with van der Waals surface area (Å²) in [5.41, 5.74) is 5.94. The molecule has 1 aliphatic rings. The minimum Gasteiger partial charge on any atom is -0.473 e. The Morgan fingerprint density at radius 3 is 2.17 bits per heavy atom. The van der Waals surface area contributed by atoms with E-state index < -0.39 is 5.82 Å². The van der Waals surface area contributed by atoms with Crippen LogP contribution in [-0.4, -0.2) is 17.7 Å². The highest BCUT2D eigenvalue weighted by atomic mass is 79.9. The minimum atomic E-state index is -0.431. The van der Waals surface area contributed by atoms with Gasteiger partial charge in [0.15, 0.2) is 0 Å². The second-order valence-electron chi connectivity index (χ2n) is 12.9. The first-order valence-electron chi connectivity index (χ1n) is 17.7. The fourth-order valence-electron chi connectivity index (χ4n) is 5.06. The van der Waals surface area contributed by atoms with E-state index in [1.165, 1.54) is 48.4 Å². The molecule has 3 aromatic rings. The molecule has 0 radical (unpaired) electrons. The van der Waals surface area contributed by atoms with E-state index in [2.05, 4.69) is 108 Å². The lowest BCUT2D eigenvalue weighted by Gasteiger charge is -2.25. The Kier molecular flexibility index (Phi) is 22.4. The normalized spacial score (nSPS) is 13.6. The van der Waals surface area contributed by atoms with Crippen molar-refractivity contribution in [3.8, 4) is 11.9 Å². The summed E-state index contributed by atoms with van der Waals surface area (Å²) in [6, 6.07) is 18.4. The number of hydrogen-bond donors (Lipinski definition) is 0. The van der Waals surface area contributed by atoms with Crippen LogP contribution in [0.1, 0.15) is 134 Å². The van der Waals surface area contributed by atoms with Crippen LogP contribution in [0.3, 0.4) is 0 Å². The highest BCUT2D eigenvalue weighted by Gasteiger charge is 2.15. The average molecular weight is 724 g/mol. The Hall–Kier alpha value is -3.01. The number of benzene rings is 2. The molecule has 2 heterocycles. The first kappa shape index (κ1) is 43.0. The minimum absolute atomic E-state index is 0.0974. The van der Waals surface area contributed by atoms with Gasteiger partial charge in [-0.05, 0) is 107 Å². The molecule has 1 aromatic heterocycles. The lowest BCUT2D eigenvalue weighted by atomic mass is 9.94. The summed E-state index contributed by atoms with van der Waals surface area (Å²) in [6.07, 6.45) is 12.3. The third-order valence-corrected chi connectivity index (χ3v) is 8.58. The smallest absolute Gasteiger partial charge is 0.213 e. The number of rotatable bonds is 12. The van der Waals surface area contributed by atoms with Crippen molar-refractivity contribution in [3.05, 3.63) is 104 Å². The maximum atomic E-state index is 13.9. The Morgan fingerprint density at radius 1 is 1.04 bits per heavy atom. The Labute approximate surface area is 300 Å². The summed E-state index contributed by atoms with van der Waals surface area (Å²) in [5, 5.41) is 8.77. The number of halogens is 2. The zero-order valence-corrected chi connectivity index (χ0v) is 32.6. The molecule has 6 heteroatoms. The molecule has 48 heavy (non-hydrogen) atoms. The number of hydrogen-bond acceptors (Lipinski definition) is 4. The van der Waals surface area contributed by atoms with E-state index in [0.717, 1.165) is 48.4 Å². The maximum absolute atomic E-state index is 13.9. The van der Waals surface area contributed by atoms with Crippen LogP contribution in [0, 0.1) is 36.9 Å². The van der Waals surface area contributed by atoms with Gasteiger partial charge in [0.25, 0.3) is 0 Å². The first-order valence-corrected chi connectivity index (χ1v) is 18.5. The molecule has 0 aliphatic carbocycles. The Morgan fingerprint density at radius 2 is 1.73 bits per heavy atom. The van der Waals surface area contributed by atoms with Crippen molar-refractivity contribution in [2.24, 2.45) is 5.92 Å². The molecule has 0 amide bonds. The van der Waals surface area contributed by atoms with Crippen molar-refractivity contribution in [1.29, 1.82) is 5.26 Å². The molecule has 0 bridgehead atoms. The standard InChI is InChI=1S/C20H23FN2O.C8H9Br.C8H16.C6H12O/c1-3-6-16(7-4-2)19-8-5-9-20(23-19)24-14-17-11-10-15(13-22)12-18(17)21;1-6-3-4-8(9)5-7(6)2;1-5-8(4)6-7(2)3;1-2-3-6-4-5-7-6/h5,8-12,16H,3-4,6-7,14H2,1-2H3;3-5H,1-2H3;5,7H,6H2,1-4H3;6H,2-5H2,1H3/b;;8-5+;. The van der Waals surface area contributed by atoms with E-state index in [-0.39, 0.29) is 6.61 Å². The van der Waals surface area contributed by atoms with Crippen LogP contribution >= 0.6 is 15.9 Å². The molecule has 0 spiro atoms. The molecule has 1 aliphatic heterocycles. The van der Waals surface area contributed by atoms with E-state index in [1.54, 1.807) is 18.2 Å². The fourth-order valence-corrected chi connectivity index (χ4v) is 5.54. The van der Waals surface area contributed by atoms with E-state index in [9.17, 15) is 4.39 Å². The predicted molar refractivity (Wildman–Crippen MR) is 204 cm³/mol. The summed E-state index contributed by atoms with van der Waals surface area (Å²) < 4.78 is 25.9. The highest BCUT2D eigenvalue weighted by molar-refractivity contribution is 9.10. The van der Waals surface area contributed by atoms with Crippen LogP contribution in [-0.2, 0) is 11.3 Å². The molecule has 0 saturated carbocycles. The van der Waals surface area contributed by atoms with Crippen LogP contribution in [0.2, 0.25) is 0 Å². The van der Waals surface area contributed by atoms with E-state index >= 15 is 0 Å². The van der Waals surface area contributed by atoms with E-state index in [1.807, 2.05) is 18.2 Å². The Balaban J connectivity index is 0.000000388. The van der Waals surface area contributed by atoms with Crippen molar-refractivity contribution in [3.63, 3.8) is 0 Å². The third kappa shape index (κ3) is 17.9. The summed E-state index contributed by atoms with van der Waals surface area (Å²) in [5.74, 6) is 1.33. The topological polar surface area (TPSA) is 55.1 Å². The number of aryl methyl sites for hydroxylation is 2. The maximum Gasteiger partial charge on any atom is 0.213 e. The van der Waals surface area contributed by atoms with E-state index in [4.69, 9.17) is 14.7 Å². The van der Waals surface area contributed by atoms with Crippen LogP contribution in [0.4, 0.5) is 4.39 Å². The molecule has 4 nitrogen and oxygen atoms in total. The van der Waals surface area contributed by atoms with Gasteiger partial charge < -0.3 is 9.47 Å². The van der Waals surface area contributed by atoms with Gasteiger partial charge >= 0.3 is 0 Å². The molecule has 0 N–H and O–H groups in total. The molecule has 264 valence electrons. The first-order chi connectivity index (χ1) is 23.0. The lowest BCUT2D eigenvalue weighted by molar-refractivity contribution is -0.0546. The summed E-state index contributed by atoms with van der Waals surface area (Å²) in [7, 11) is 0. The molecule has 1 saturated heterocycles. The van der Waals surface area contributed by atoms with Crippen molar-refractivity contribution < 1.29 is 13.9 Å². The number of aromatic nitrogens is 1. The monoisotopic (exact) mass is 722 g/mol. The van der Waals surface area contributed by atoms with Crippen molar-refractivity contribution >= 4 is 15.9 Å². The molecule has 2 aromatic carbocycles. The van der Waals surface area contributed by atoms with Gasteiger partial charge in [0.1, 0.15) is 12.4 Å². The highest BCUT2D eigenvalue weighted by Crippen LogP contribution is 2.26. The van der Waals surface area contributed by atoms with Gasteiger partial charge in [0, 0.05) is 34.3 Å². The number of nitriles is 1. The molecule has 1 fully saturated rings. The van der Waals surface area contributed by atoms with Crippen LogP contribution in [0.25, 0.3) is 0 Å². The average Bonchev–Trinajstić information content (AvgIpc) is 3.04.